The van der Waals surface area contributed by atoms with Crippen LogP contribution >= 0.6 is 0 Å². The summed E-state index contributed by atoms with van der Waals surface area (Å²) in [5, 5.41) is 15.5. The fraction of sp³-hybridized carbons (Fsp3) is 0.353. The number of aromatic carboxylic acids is 1. The fourth-order valence-electron chi connectivity index (χ4n) is 2.41. The highest BCUT2D eigenvalue weighted by molar-refractivity contribution is 7.92. The predicted octanol–water partition coefficient (Wildman–Crippen LogP) is 1.26. The maximum absolute atomic E-state index is 11.9. The Kier molecular flexibility index (Phi) is 6.14. The summed E-state index contributed by atoms with van der Waals surface area (Å²) in [5.74, 6) is -2.26. The maximum Gasteiger partial charge on any atom is 0.356 e. The normalized spacial score (nSPS) is 11.5. The summed E-state index contributed by atoms with van der Waals surface area (Å²) >= 11 is 0. The molecule has 8 nitrogen and oxygen atoms in total. The van der Waals surface area contributed by atoms with Crippen LogP contribution in [-0.2, 0) is 21.2 Å². The number of nitrogens with zero attached hydrogens (tertiary/aromatic N) is 2. The average Bonchev–Trinajstić information content (AvgIpc) is 3.01. The molecule has 0 atom stereocenters. The zero-order valence-corrected chi connectivity index (χ0v) is 15.4. The van der Waals surface area contributed by atoms with E-state index in [9.17, 15) is 18.0 Å². The van der Waals surface area contributed by atoms with Crippen molar-refractivity contribution in [1.29, 1.82) is 0 Å². The van der Waals surface area contributed by atoms with Gasteiger partial charge in [-0.2, -0.15) is 5.10 Å². The number of aromatic nitrogens is 2. The molecule has 0 bridgehead atoms. The van der Waals surface area contributed by atoms with E-state index >= 15 is 0 Å². The van der Waals surface area contributed by atoms with Gasteiger partial charge in [-0.05, 0) is 29.7 Å². The first-order chi connectivity index (χ1) is 12.2. The number of carboxylic acids is 1. The van der Waals surface area contributed by atoms with Crippen LogP contribution in [-0.4, -0.2) is 46.7 Å². The van der Waals surface area contributed by atoms with Crippen molar-refractivity contribution in [1.82, 2.24) is 15.1 Å². The van der Waals surface area contributed by atoms with Crippen LogP contribution in [0, 0.1) is 5.92 Å². The summed E-state index contributed by atoms with van der Waals surface area (Å²) in [7, 11) is -3.42. The van der Waals surface area contributed by atoms with E-state index in [2.05, 4.69) is 10.4 Å². The van der Waals surface area contributed by atoms with E-state index < -0.39 is 27.5 Å². The Morgan fingerprint density at radius 2 is 2.00 bits per heavy atom. The molecule has 140 valence electrons. The Morgan fingerprint density at radius 3 is 2.62 bits per heavy atom. The summed E-state index contributed by atoms with van der Waals surface area (Å²) in [6, 6.07) is 8.39. The second-order valence-corrected chi connectivity index (χ2v) is 8.45. The highest BCUT2D eigenvalue weighted by Gasteiger charge is 2.18. The standard InChI is InChI=1S/C17H21N3O5S/c1-12(2)10-26(24,25)11-16(21)18-9-13-4-3-5-14(8-13)20-7-6-15(19-20)17(22)23/h3-8,12H,9-11H2,1-2H3,(H,18,21)(H,22,23). The van der Waals surface area contributed by atoms with Gasteiger partial charge < -0.3 is 10.4 Å². The molecular weight excluding hydrogens is 358 g/mol. The Bertz CT molecular complexity index is 903. The van der Waals surface area contributed by atoms with Crippen molar-refractivity contribution in [2.24, 2.45) is 5.92 Å². The third-order valence-electron chi connectivity index (χ3n) is 3.41. The lowest BCUT2D eigenvalue weighted by Crippen LogP contribution is -2.31. The zero-order chi connectivity index (χ0) is 19.3. The smallest absolute Gasteiger partial charge is 0.356 e. The van der Waals surface area contributed by atoms with Gasteiger partial charge in [-0.25, -0.2) is 17.9 Å². The number of hydrogen-bond acceptors (Lipinski definition) is 5. The number of carbonyl (C=O) groups is 2. The molecule has 1 amide bonds. The SMILES string of the molecule is CC(C)CS(=O)(=O)CC(=O)NCc1cccc(-n2ccc(C(=O)O)n2)c1. The van der Waals surface area contributed by atoms with Gasteiger partial charge in [0.1, 0.15) is 5.75 Å². The lowest BCUT2D eigenvalue weighted by Gasteiger charge is -2.09. The van der Waals surface area contributed by atoms with Crippen molar-refractivity contribution in [2.75, 3.05) is 11.5 Å². The van der Waals surface area contributed by atoms with Gasteiger partial charge in [0.25, 0.3) is 0 Å². The molecule has 0 aliphatic rings. The molecule has 1 heterocycles. The lowest BCUT2D eigenvalue weighted by atomic mass is 10.2. The van der Waals surface area contributed by atoms with Crippen molar-refractivity contribution < 1.29 is 23.1 Å². The number of carbonyl (C=O) groups excluding carboxylic acids is 1. The third-order valence-corrected chi connectivity index (χ3v) is 5.29. The van der Waals surface area contributed by atoms with Crippen molar-refractivity contribution in [2.45, 2.75) is 20.4 Å². The van der Waals surface area contributed by atoms with Crippen LogP contribution in [0.1, 0.15) is 29.9 Å². The van der Waals surface area contributed by atoms with Gasteiger partial charge in [0.15, 0.2) is 15.5 Å². The monoisotopic (exact) mass is 379 g/mol. The van der Waals surface area contributed by atoms with E-state index in [1.165, 1.54) is 16.9 Å². The first-order valence-corrected chi connectivity index (χ1v) is 9.84. The molecule has 26 heavy (non-hydrogen) atoms. The quantitative estimate of drug-likeness (QED) is 0.713. The highest BCUT2D eigenvalue weighted by Crippen LogP contribution is 2.11. The number of benzene rings is 1. The number of nitrogens with one attached hydrogen (secondary N) is 1. The minimum absolute atomic E-state index is 0.0267. The van der Waals surface area contributed by atoms with Crippen molar-refractivity contribution >= 4 is 21.7 Å². The molecule has 2 aromatic rings. The van der Waals surface area contributed by atoms with E-state index in [1.54, 1.807) is 38.1 Å². The Hall–Kier alpha value is -2.68. The minimum Gasteiger partial charge on any atom is -0.476 e. The summed E-state index contributed by atoms with van der Waals surface area (Å²) < 4.78 is 25.1. The van der Waals surface area contributed by atoms with Crippen LogP contribution in [0.5, 0.6) is 0 Å². The van der Waals surface area contributed by atoms with Crippen LogP contribution < -0.4 is 5.32 Å². The number of carboxylic acid groups (broad SMARTS) is 1. The van der Waals surface area contributed by atoms with E-state index in [0.29, 0.717) is 5.69 Å². The second kappa shape index (κ2) is 8.13. The van der Waals surface area contributed by atoms with Crippen LogP contribution in [0.2, 0.25) is 0 Å². The topological polar surface area (TPSA) is 118 Å². The molecule has 1 aromatic heterocycles. The molecule has 0 aliphatic carbocycles. The van der Waals surface area contributed by atoms with Gasteiger partial charge in [0.2, 0.25) is 5.91 Å². The van der Waals surface area contributed by atoms with Gasteiger partial charge in [-0.3, -0.25) is 4.79 Å². The second-order valence-electron chi connectivity index (χ2n) is 6.35. The van der Waals surface area contributed by atoms with Gasteiger partial charge in [-0.15, -0.1) is 0 Å². The van der Waals surface area contributed by atoms with Gasteiger partial charge in [0, 0.05) is 12.7 Å². The Labute approximate surface area is 151 Å². The summed E-state index contributed by atoms with van der Waals surface area (Å²) in [6.45, 7) is 3.73. The molecule has 2 rings (SSSR count). The highest BCUT2D eigenvalue weighted by atomic mass is 32.2. The maximum atomic E-state index is 11.9. The molecule has 0 radical (unpaired) electrons. The first kappa shape index (κ1) is 19.6. The van der Waals surface area contributed by atoms with Gasteiger partial charge in [0.05, 0.1) is 11.4 Å². The van der Waals surface area contributed by atoms with Crippen molar-refractivity contribution in [3.63, 3.8) is 0 Å². The van der Waals surface area contributed by atoms with E-state index in [0.717, 1.165) is 5.56 Å². The molecule has 1 aromatic carbocycles. The molecule has 0 fully saturated rings. The van der Waals surface area contributed by atoms with E-state index in [-0.39, 0.29) is 23.9 Å². The lowest BCUT2D eigenvalue weighted by molar-refractivity contribution is -0.118. The van der Waals surface area contributed by atoms with Crippen molar-refractivity contribution in [3.8, 4) is 5.69 Å². The molecule has 0 aliphatic heterocycles. The number of amides is 1. The first-order valence-electron chi connectivity index (χ1n) is 8.01. The molecule has 2 N–H and O–H groups in total. The molecule has 0 spiro atoms. The largest absolute Gasteiger partial charge is 0.476 e. The summed E-state index contributed by atoms with van der Waals surface area (Å²) in [4.78, 5) is 22.8. The van der Waals surface area contributed by atoms with Crippen LogP contribution in [0.3, 0.4) is 0 Å². The number of hydrogen-bond donors (Lipinski definition) is 2. The van der Waals surface area contributed by atoms with Gasteiger partial charge in [-0.1, -0.05) is 26.0 Å². The predicted molar refractivity (Wildman–Crippen MR) is 95.9 cm³/mol. The van der Waals surface area contributed by atoms with Crippen LogP contribution in [0.15, 0.2) is 36.5 Å². The minimum atomic E-state index is -3.42. The Morgan fingerprint density at radius 1 is 1.27 bits per heavy atom. The van der Waals surface area contributed by atoms with Crippen LogP contribution in [0.4, 0.5) is 0 Å². The summed E-state index contributed by atoms with van der Waals surface area (Å²) in [5.41, 5.74) is 1.31. The fourth-order valence-corrected chi connectivity index (χ4v) is 4.04. The summed E-state index contributed by atoms with van der Waals surface area (Å²) in [6.07, 6.45) is 1.53. The van der Waals surface area contributed by atoms with Gasteiger partial charge >= 0.3 is 5.97 Å². The third kappa shape index (κ3) is 5.69. The average molecular weight is 379 g/mol. The molecule has 0 saturated carbocycles. The Balaban J connectivity index is 2.00. The van der Waals surface area contributed by atoms with Crippen molar-refractivity contribution in [3.05, 3.63) is 47.8 Å². The molecule has 0 unspecified atom stereocenters. The van der Waals surface area contributed by atoms with Crippen LogP contribution in [0.25, 0.3) is 5.69 Å². The van der Waals surface area contributed by atoms with E-state index in [1.807, 2.05) is 0 Å². The zero-order valence-electron chi connectivity index (χ0n) is 14.5. The number of rotatable bonds is 8. The molecule has 9 heteroatoms. The molecular formula is C17H21N3O5S. The molecule has 0 saturated heterocycles. The number of sulfone groups is 1. The van der Waals surface area contributed by atoms with E-state index in [4.69, 9.17) is 5.11 Å².